The lowest BCUT2D eigenvalue weighted by Crippen LogP contribution is -2.30. The number of aromatic nitrogens is 2. The number of carbonyl (C=O) groups is 1. The predicted molar refractivity (Wildman–Crippen MR) is 109 cm³/mol. The van der Waals surface area contributed by atoms with Crippen LogP contribution < -0.4 is 9.47 Å². The molecule has 0 bridgehead atoms. The molecule has 0 atom stereocenters. The van der Waals surface area contributed by atoms with E-state index >= 15 is 0 Å². The van der Waals surface area contributed by atoms with Gasteiger partial charge in [0.15, 0.2) is 11.5 Å². The Labute approximate surface area is 174 Å². The van der Waals surface area contributed by atoms with Crippen molar-refractivity contribution in [2.24, 2.45) is 0 Å². The fourth-order valence-electron chi connectivity index (χ4n) is 2.81. The van der Waals surface area contributed by atoms with Gasteiger partial charge in [-0.3, -0.25) is 4.79 Å². The van der Waals surface area contributed by atoms with E-state index in [1.165, 1.54) is 0 Å². The Morgan fingerprint density at radius 3 is 2.55 bits per heavy atom. The molecule has 0 saturated heterocycles. The van der Waals surface area contributed by atoms with Gasteiger partial charge >= 0.3 is 0 Å². The molecule has 2 aromatic carbocycles. The Bertz CT molecular complexity index is 1020. The van der Waals surface area contributed by atoms with Crippen molar-refractivity contribution in [3.63, 3.8) is 0 Å². The van der Waals surface area contributed by atoms with Crippen molar-refractivity contribution in [2.75, 3.05) is 20.8 Å². The van der Waals surface area contributed by atoms with Crippen LogP contribution >= 0.6 is 11.6 Å². The van der Waals surface area contributed by atoms with E-state index in [0.29, 0.717) is 40.3 Å². The van der Waals surface area contributed by atoms with Crippen molar-refractivity contribution in [2.45, 2.75) is 20.4 Å². The van der Waals surface area contributed by atoms with E-state index in [1.54, 1.807) is 43.4 Å². The van der Waals surface area contributed by atoms with Crippen molar-refractivity contribution >= 4 is 17.5 Å². The molecule has 1 aromatic heterocycles. The SMILES string of the molecule is CCN(Cc1nc(-c2ccc(OC)c(OC)c2)no1)C(=O)c1ccc(C)c(Cl)c1. The molecule has 8 heteroatoms. The molecule has 0 radical (unpaired) electrons. The first-order chi connectivity index (χ1) is 14.0. The summed E-state index contributed by atoms with van der Waals surface area (Å²) in [7, 11) is 3.13. The fourth-order valence-corrected chi connectivity index (χ4v) is 2.99. The van der Waals surface area contributed by atoms with Crippen LogP contribution in [0.15, 0.2) is 40.9 Å². The average Bonchev–Trinajstić information content (AvgIpc) is 3.21. The summed E-state index contributed by atoms with van der Waals surface area (Å²) in [5, 5.41) is 4.58. The molecule has 0 spiro atoms. The molecule has 152 valence electrons. The van der Waals surface area contributed by atoms with Gasteiger partial charge in [0, 0.05) is 22.7 Å². The zero-order valence-corrected chi connectivity index (χ0v) is 17.5. The van der Waals surface area contributed by atoms with Crippen LogP contribution in [0.4, 0.5) is 0 Å². The lowest BCUT2D eigenvalue weighted by Gasteiger charge is -2.19. The van der Waals surface area contributed by atoms with E-state index < -0.39 is 0 Å². The minimum Gasteiger partial charge on any atom is -0.493 e. The number of nitrogens with zero attached hydrogens (tertiary/aromatic N) is 3. The largest absolute Gasteiger partial charge is 0.493 e. The number of rotatable bonds is 7. The highest BCUT2D eigenvalue weighted by atomic mass is 35.5. The Morgan fingerprint density at radius 1 is 1.14 bits per heavy atom. The van der Waals surface area contributed by atoms with Gasteiger partial charge in [0.2, 0.25) is 11.7 Å². The third kappa shape index (κ3) is 4.51. The molecular formula is C21H22ClN3O4. The van der Waals surface area contributed by atoms with Crippen LogP contribution in [-0.4, -0.2) is 41.7 Å². The lowest BCUT2D eigenvalue weighted by atomic mass is 10.1. The van der Waals surface area contributed by atoms with Crippen LogP contribution in [0.5, 0.6) is 11.5 Å². The number of hydrogen-bond donors (Lipinski definition) is 0. The third-order valence-corrected chi connectivity index (χ3v) is 4.93. The highest BCUT2D eigenvalue weighted by Gasteiger charge is 2.19. The minimum absolute atomic E-state index is 0.153. The Morgan fingerprint density at radius 2 is 1.90 bits per heavy atom. The molecule has 3 aromatic rings. The van der Waals surface area contributed by atoms with Crippen molar-refractivity contribution in [3.8, 4) is 22.9 Å². The highest BCUT2D eigenvalue weighted by Crippen LogP contribution is 2.31. The first kappa shape index (κ1) is 20.7. The zero-order chi connectivity index (χ0) is 21.0. The van der Waals surface area contributed by atoms with Crippen LogP contribution in [0, 0.1) is 6.92 Å². The first-order valence-corrected chi connectivity index (χ1v) is 9.45. The Kier molecular flexibility index (Phi) is 6.39. The normalized spacial score (nSPS) is 10.7. The van der Waals surface area contributed by atoms with Gasteiger partial charge in [-0.2, -0.15) is 4.98 Å². The monoisotopic (exact) mass is 415 g/mol. The molecule has 0 unspecified atom stereocenters. The molecule has 0 N–H and O–H groups in total. The minimum atomic E-state index is -0.153. The van der Waals surface area contributed by atoms with Gasteiger partial charge in [-0.25, -0.2) is 0 Å². The quantitative estimate of drug-likeness (QED) is 0.570. The van der Waals surface area contributed by atoms with Crippen LogP contribution in [-0.2, 0) is 6.54 Å². The van der Waals surface area contributed by atoms with E-state index in [1.807, 2.05) is 26.0 Å². The number of benzene rings is 2. The summed E-state index contributed by atoms with van der Waals surface area (Å²) in [5.74, 6) is 1.77. The molecule has 0 fully saturated rings. The van der Waals surface area contributed by atoms with E-state index in [4.69, 9.17) is 25.6 Å². The van der Waals surface area contributed by atoms with Gasteiger partial charge in [-0.1, -0.05) is 22.8 Å². The number of methoxy groups -OCH3 is 2. The number of halogens is 1. The molecule has 0 aliphatic carbocycles. The van der Waals surface area contributed by atoms with Crippen molar-refractivity contribution in [1.82, 2.24) is 15.0 Å². The maximum absolute atomic E-state index is 12.8. The summed E-state index contributed by atoms with van der Waals surface area (Å²) in [6.07, 6.45) is 0. The van der Waals surface area contributed by atoms with Gasteiger partial charge in [-0.15, -0.1) is 0 Å². The standard InChI is InChI=1S/C21H22ClN3O4/c1-5-25(21(26)15-7-6-13(2)16(22)10-15)12-19-23-20(24-29-19)14-8-9-17(27-3)18(11-14)28-4/h6-11H,5,12H2,1-4H3. The second-order valence-electron chi connectivity index (χ2n) is 6.36. The highest BCUT2D eigenvalue weighted by molar-refractivity contribution is 6.31. The molecule has 1 heterocycles. The average molecular weight is 416 g/mol. The number of ether oxygens (including phenoxy) is 2. The van der Waals surface area contributed by atoms with Crippen molar-refractivity contribution in [1.29, 1.82) is 0 Å². The maximum Gasteiger partial charge on any atom is 0.254 e. The van der Waals surface area contributed by atoms with Gasteiger partial charge in [0.05, 0.1) is 14.2 Å². The second kappa shape index (κ2) is 8.96. The summed E-state index contributed by atoms with van der Waals surface area (Å²) < 4.78 is 15.9. The van der Waals surface area contributed by atoms with Crippen molar-refractivity contribution in [3.05, 3.63) is 58.4 Å². The molecule has 3 rings (SSSR count). The number of amides is 1. The molecular weight excluding hydrogens is 394 g/mol. The predicted octanol–water partition coefficient (Wildman–Crippen LogP) is 4.38. The second-order valence-corrected chi connectivity index (χ2v) is 6.77. The smallest absolute Gasteiger partial charge is 0.254 e. The summed E-state index contributed by atoms with van der Waals surface area (Å²) in [6, 6.07) is 10.6. The van der Waals surface area contributed by atoms with Gasteiger partial charge < -0.3 is 18.9 Å². The zero-order valence-electron chi connectivity index (χ0n) is 16.7. The topological polar surface area (TPSA) is 77.7 Å². The summed E-state index contributed by atoms with van der Waals surface area (Å²) in [4.78, 5) is 18.9. The summed E-state index contributed by atoms with van der Waals surface area (Å²) in [5.41, 5.74) is 2.15. The number of carbonyl (C=O) groups excluding carboxylic acids is 1. The molecule has 1 amide bonds. The van der Waals surface area contributed by atoms with E-state index in [9.17, 15) is 4.79 Å². The van der Waals surface area contributed by atoms with Gasteiger partial charge in [-0.05, 0) is 49.7 Å². The van der Waals surface area contributed by atoms with Crippen LogP contribution in [0.25, 0.3) is 11.4 Å². The first-order valence-electron chi connectivity index (χ1n) is 9.07. The molecule has 0 aliphatic heterocycles. The van der Waals surface area contributed by atoms with Crippen LogP contribution in [0.1, 0.15) is 28.7 Å². The van der Waals surface area contributed by atoms with Crippen molar-refractivity contribution < 1.29 is 18.8 Å². The Balaban J connectivity index is 1.79. The van der Waals surface area contributed by atoms with E-state index in [0.717, 1.165) is 11.1 Å². The lowest BCUT2D eigenvalue weighted by molar-refractivity contribution is 0.0734. The number of hydrogen-bond acceptors (Lipinski definition) is 6. The van der Waals surface area contributed by atoms with E-state index in [-0.39, 0.29) is 12.5 Å². The molecule has 0 saturated carbocycles. The van der Waals surface area contributed by atoms with Gasteiger partial charge in [0.1, 0.15) is 6.54 Å². The van der Waals surface area contributed by atoms with Crippen LogP contribution in [0.2, 0.25) is 5.02 Å². The molecule has 29 heavy (non-hydrogen) atoms. The molecule has 7 nitrogen and oxygen atoms in total. The summed E-state index contributed by atoms with van der Waals surface area (Å²) >= 11 is 6.15. The summed E-state index contributed by atoms with van der Waals surface area (Å²) in [6.45, 7) is 4.46. The maximum atomic E-state index is 12.8. The molecule has 0 aliphatic rings. The number of aryl methyl sites for hydroxylation is 1. The Hall–Kier alpha value is -3.06. The third-order valence-electron chi connectivity index (χ3n) is 4.52. The fraction of sp³-hybridized carbons (Fsp3) is 0.286. The van der Waals surface area contributed by atoms with Crippen LogP contribution in [0.3, 0.4) is 0 Å². The van der Waals surface area contributed by atoms with E-state index in [2.05, 4.69) is 10.1 Å². The van der Waals surface area contributed by atoms with Gasteiger partial charge in [0.25, 0.3) is 5.91 Å².